The second-order valence-electron chi connectivity index (χ2n) is 7.56. The van der Waals surface area contributed by atoms with Crippen molar-refractivity contribution < 1.29 is 27.9 Å². The topological polar surface area (TPSA) is 57.1 Å². The number of aliphatic hydroxyl groups excluding tert-OH is 2. The van der Waals surface area contributed by atoms with Crippen molar-refractivity contribution in [1.82, 2.24) is 0 Å². The first-order valence-corrected chi connectivity index (χ1v) is 10.7. The molecular weight excluding hydrogens is 429 g/mol. The minimum Gasteiger partial charge on any atom is -1.00 e. The molecule has 3 aromatic carbocycles. The molecule has 0 saturated heterocycles. The fourth-order valence-corrected chi connectivity index (χ4v) is 3.62. The molecular formula is C26H29Cl2NO2. The van der Waals surface area contributed by atoms with Gasteiger partial charge < -0.3 is 27.9 Å². The number of aliphatic hydroxyl groups is 2. The van der Waals surface area contributed by atoms with Crippen LogP contribution in [0.15, 0.2) is 84.9 Å². The van der Waals surface area contributed by atoms with Crippen LogP contribution < -0.4 is 17.7 Å². The van der Waals surface area contributed by atoms with Crippen LogP contribution in [0.25, 0.3) is 11.6 Å². The zero-order valence-electron chi connectivity index (χ0n) is 17.5. The average molecular weight is 458 g/mol. The van der Waals surface area contributed by atoms with Gasteiger partial charge in [0.2, 0.25) is 0 Å². The quantitative estimate of drug-likeness (QED) is 0.424. The maximum atomic E-state index is 11.0. The third-order valence-electron chi connectivity index (χ3n) is 5.28. The monoisotopic (exact) mass is 457 g/mol. The lowest BCUT2D eigenvalue weighted by molar-refractivity contribution is -0.695. The summed E-state index contributed by atoms with van der Waals surface area (Å²) in [5, 5.41) is 24.3. The van der Waals surface area contributed by atoms with E-state index in [0.29, 0.717) is 18.0 Å². The zero-order valence-corrected chi connectivity index (χ0v) is 19.0. The molecule has 3 rings (SSSR count). The number of nitrogens with two attached hydrogens (primary N) is 1. The van der Waals surface area contributed by atoms with Crippen molar-refractivity contribution in [3.05, 3.63) is 107 Å². The Morgan fingerprint density at radius 3 is 2.10 bits per heavy atom. The lowest BCUT2D eigenvalue weighted by atomic mass is 9.95. The number of quaternary nitrogens is 1. The second-order valence-corrected chi connectivity index (χ2v) is 8.00. The van der Waals surface area contributed by atoms with Gasteiger partial charge in [0.15, 0.2) is 0 Å². The van der Waals surface area contributed by atoms with E-state index in [4.69, 9.17) is 11.6 Å². The van der Waals surface area contributed by atoms with E-state index < -0.39 is 12.2 Å². The first-order chi connectivity index (χ1) is 14.5. The summed E-state index contributed by atoms with van der Waals surface area (Å²) in [6, 6.07) is 27.2. The molecule has 3 aromatic rings. The minimum absolute atomic E-state index is 0. The van der Waals surface area contributed by atoms with E-state index in [1.165, 1.54) is 0 Å². The molecule has 164 valence electrons. The van der Waals surface area contributed by atoms with Gasteiger partial charge in [-0.05, 0) is 47.4 Å². The molecule has 0 saturated carbocycles. The molecule has 31 heavy (non-hydrogen) atoms. The third-order valence-corrected chi connectivity index (χ3v) is 5.53. The predicted octanol–water partition coefficient (Wildman–Crippen LogP) is 1.32. The molecule has 5 heteroatoms. The van der Waals surface area contributed by atoms with Crippen LogP contribution in [0.3, 0.4) is 0 Å². The van der Waals surface area contributed by atoms with Crippen LogP contribution in [0.5, 0.6) is 0 Å². The largest absolute Gasteiger partial charge is 1.00 e. The standard InChI is InChI=1S/C26H28ClNO2.ClH/c1-19(26(30)22-10-6-3-7-11-22)28-17-16-25(29)24(21-8-4-2-5-9-21)18-20-12-14-23(27)15-13-20;/h2-15,18-19,25-26,28-30H,16-17H2,1H3;1H/b24-18-;. The Kier molecular flexibility index (Phi) is 10.3. The van der Waals surface area contributed by atoms with Crippen LogP contribution >= 0.6 is 11.6 Å². The molecule has 0 heterocycles. The van der Waals surface area contributed by atoms with Gasteiger partial charge in [0.05, 0.1) is 12.6 Å². The van der Waals surface area contributed by atoms with Gasteiger partial charge in [-0.1, -0.05) is 84.4 Å². The van der Waals surface area contributed by atoms with E-state index in [1.54, 1.807) is 0 Å². The van der Waals surface area contributed by atoms with Gasteiger partial charge in [0, 0.05) is 11.4 Å². The van der Waals surface area contributed by atoms with Crippen molar-refractivity contribution in [2.24, 2.45) is 0 Å². The number of hydrogen-bond donors (Lipinski definition) is 3. The lowest BCUT2D eigenvalue weighted by Gasteiger charge is -2.20. The smallest absolute Gasteiger partial charge is 0.130 e. The Labute approximate surface area is 195 Å². The Hall–Kier alpha value is -2.14. The summed E-state index contributed by atoms with van der Waals surface area (Å²) >= 11 is 6.00. The van der Waals surface area contributed by atoms with Gasteiger partial charge in [-0.2, -0.15) is 0 Å². The summed E-state index contributed by atoms with van der Waals surface area (Å²) in [4.78, 5) is 0. The Morgan fingerprint density at radius 1 is 0.903 bits per heavy atom. The maximum Gasteiger partial charge on any atom is 0.130 e. The SMILES string of the molecule is CC([NH2+]CCC(O)/C(=C\c1ccc(Cl)cc1)c1ccccc1)C(O)c1ccccc1.[Cl-]. The van der Waals surface area contributed by atoms with Gasteiger partial charge in [0.1, 0.15) is 12.1 Å². The van der Waals surface area contributed by atoms with Crippen LogP contribution in [-0.4, -0.2) is 28.9 Å². The lowest BCUT2D eigenvalue weighted by Crippen LogP contribution is -3.00. The molecule has 4 N–H and O–H groups in total. The first kappa shape index (κ1) is 25.1. The fourth-order valence-electron chi connectivity index (χ4n) is 3.50. The summed E-state index contributed by atoms with van der Waals surface area (Å²) in [6.07, 6.45) is 1.44. The van der Waals surface area contributed by atoms with Crippen molar-refractivity contribution in [3.8, 4) is 0 Å². The normalized spacial score (nSPS) is 14.4. The molecule has 0 aliphatic heterocycles. The maximum absolute atomic E-state index is 11.0. The summed E-state index contributed by atoms with van der Waals surface area (Å²) in [6.45, 7) is 2.71. The zero-order chi connectivity index (χ0) is 21.3. The van der Waals surface area contributed by atoms with Crippen LogP contribution in [0.2, 0.25) is 5.02 Å². The number of halogens is 2. The van der Waals surface area contributed by atoms with Crippen LogP contribution in [0.4, 0.5) is 0 Å². The summed E-state index contributed by atoms with van der Waals surface area (Å²) in [7, 11) is 0. The number of hydrogen-bond acceptors (Lipinski definition) is 2. The van der Waals surface area contributed by atoms with Crippen molar-refractivity contribution >= 4 is 23.3 Å². The summed E-state index contributed by atoms with van der Waals surface area (Å²) in [5.41, 5.74) is 3.78. The second kappa shape index (κ2) is 12.7. The van der Waals surface area contributed by atoms with E-state index in [1.807, 2.05) is 97.9 Å². The van der Waals surface area contributed by atoms with Crippen molar-refractivity contribution in [3.63, 3.8) is 0 Å². The van der Waals surface area contributed by atoms with Gasteiger partial charge in [-0.3, -0.25) is 0 Å². The van der Waals surface area contributed by atoms with Gasteiger partial charge in [-0.15, -0.1) is 0 Å². The van der Waals surface area contributed by atoms with E-state index in [9.17, 15) is 10.2 Å². The highest BCUT2D eigenvalue weighted by atomic mass is 35.5. The molecule has 0 fully saturated rings. The molecule has 0 amide bonds. The van der Waals surface area contributed by atoms with Gasteiger partial charge >= 0.3 is 0 Å². The predicted molar refractivity (Wildman–Crippen MR) is 124 cm³/mol. The van der Waals surface area contributed by atoms with Crippen LogP contribution in [0.1, 0.15) is 36.1 Å². The van der Waals surface area contributed by atoms with Crippen molar-refractivity contribution in [1.29, 1.82) is 0 Å². The highest BCUT2D eigenvalue weighted by Crippen LogP contribution is 2.24. The van der Waals surface area contributed by atoms with Gasteiger partial charge in [-0.25, -0.2) is 0 Å². The molecule has 0 radical (unpaired) electrons. The van der Waals surface area contributed by atoms with Gasteiger partial charge in [0.25, 0.3) is 0 Å². The fraction of sp³-hybridized carbons (Fsp3) is 0.231. The molecule has 3 unspecified atom stereocenters. The summed E-state index contributed by atoms with van der Waals surface area (Å²) < 4.78 is 0. The number of benzene rings is 3. The van der Waals surface area contributed by atoms with E-state index >= 15 is 0 Å². The third kappa shape index (κ3) is 7.49. The van der Waals surface area contributed by atoms with Crippen molar-refractivity contribution in [2.45, 2.75) is 31.6 Å². The molecule has 0 bridgehead atoms. The summed E-state index contributed by atoms with van der Waals surface area (Å²) in [5.74, 6) is 0. The highest BCUT2D eigenvalue weighted by Gasteiger charge is 2.20. The molecule has 0 spiro atoms. The molecule has 3 nitrogen and oxygen atoms in total. The van der Waals surface area contributed by atoms with E-state index in [0.717, 1.165) is 22.3 Å². The number of rotatable bonds is 9. The minimum atomic E-state index is -0.611. The average Bonchev–Trinajstić information content (AvgIpc) is 2.79. The Balaban J connectivity index is 0.00000341. The Morgan fingerprint density at radius 2 is 1.48 bits per heavy atom. The highest BCUT2D eigenvalue weighted by molar-refractivity contribution is 6.30. The molecule has 0 aliphatic rings. The molecule has 0 aliphatic carbocycles. The Bertz CT molecular complexity index is 931. The molecule has 3 atom stereocenters. The van der Waals surface area contributed by atoms with Crippen LogP contribution in [-0.2, 0) is 0 Å². The molecule has 0 aromatic heterocycles. The first-order valence-electron chi connectivity index (χ1n) is 10.3. The van der Waals surface area contributed by atoms with Crippen LogP contribution in [0, 0.1) is 0 Å². The van der Waals surface area contributed by atoms with E-state index in [-0.39, 0.29) is 18.4 Å². The van der Waals surface area contributed by atoms with Crippen molar-refractivity contribution in [2.75, 3.05) is 6.54 Å². The van der Waals surface area contributed by atoms with E-state index in [2.05, 4.69) is 5.32 Å².